The van der Waals surface area contributed by atoms with Crippen molar-refractivity contribution in [1.82, 2.24) is 14.9 Å². The monoisotopic (exact) mass is 371 g/mol. The van der Waals surface area contributed by atoms with Gasteiger partial charge >= 0.3 is 0 Å². The summed E-state index contributed by atoms with van der Waals surface area (Å²) in [6.45, 7) is 1.12. The van der Waals surface area contributed by atoms with Gasteiger partial charge in [0.1, 0.15) is 18.9 Å². The summed E-state index contributed by atoms with van der Waals surface area (Å²) in [5.74, 6) is 0.699. The van der Waals surface area contributed by atoms with Crippen molar-refractivity contribution in [3.05, 3.63) is 96.4 Å². The van der Waals surface area contributed by atoms with Crippen molar-refractivity contribution < 1.29 is 9.53 Å². The maximum Gasteiger partial charge on any atom is 0.240 e. The van der Waals surface area contributed by atoms with Gasteiger partial charge < -0.3 is 14.6 Å². The van der Waals surface area contributed by atoms with Gasteiger partial charge in [-0.05, 0) is 29.8 Å². The van der Waals surface area contributed by atoms with Crippen molar-refractivity contribution in [2.45, 2.75) is 19.7 Å². The van der Waals surface area contributed by atoms with Crippen molar-refractivity contribution in [3.8, 4) is 5.75 Å². The molecule has 0 aliphatic rings. The average Bonchev–Trinajstić information content (AvgIpc) is 3.16. The number of rotatable bonds is 7. The van der Waals surface area contributed by atoms with Crippen LogP contribution >= 0.6 is 0 Å². The minimum atomic E-state index is -0.0685. The predicted molar refractivity (Wildman–Crippen MR) is 109 cm³/mol. The lowest BCUT2D eigenvalue weighted by atomic mass is 10.2. The van der Waals surface area contributed by atoms with Gasteiger partial charge in [0.05, 0.1) is 17.8 Å². The van der Waals surface area contributed by atoms with E-state index in [1.165, 1.54) is 0 Å². The summed E-state index contributed by atoms with van der Waals surface area (Å²) in [6.07, 6.45) is 3.64. The van der Waals surface area contributed by atoms with E-state index in [9.17, 15) is 4.79 Å². The highest BCUT2D eigenvalue weighted by atomic mass is 16.5. The molecule has 0 radical (unpaired) electrons. The van der Waals surface area contributed by atoms with E-state index in [0.717, 1.165) is 27.9 Å². The van der Waals surface area contributed by atoms with Crippen LogP contribution in [0.2, 0.25) is 0 Å². The van der Waals surface area contributed by atoms with Gasteiger partial charge in [0, 0.05) is 17.8 Å². The van der Waals surface area contributed by atoms with Crippen LogP contribution in [0.4, 0.5) is 0 Å². The van der Waals surface area contributed by atoms with Gasteiger partial charge in [-0.3, -0.25) is 9.78 Å². The predicted octanol–water partition coefficient (Wildman–Crippen LogP) is 3.93. The normalized spacial score (nSPS) is 10.7. The number of aromatic nitrogens is 2. The molecule has 2 aromatic heterocycles. The number of hydrogen-bond donors (Lipinski definition) is 1. The maximum absolute atomic E-state index is 12.4. The highest BCUT2D eigenvalue weighted by molar-refractivity contribution is 5.87. The third-order valence-electron chi connectivity index (χ3n) is 4.50. The second-order valence-electron chi connectivity index (χ2n) is 6.51. The zero-order chi connectivity index (χ0) is 19.2. The Labute approximate surface area is 163 Å². The molecule has 0 spiro atoms. The van der Waals surface area contributed by atoms with Gasteiger partial charge in [-0.2, -0.15) is 0 Å². The summed E-state index contributed by atoms with van der Waals surface area (Å²) in [4.78, 5) is 16.6. The zero-order valence-corrected chi connectivity index (χ0v) is 15.4. The number of pyridine rings is 1. The molecule has 0 bridgehead atoms. The van der Waals surface area contributed by atoms with Crippen molar-refractivity contribution >= 4 is 16.8 Å². The van der Waals surface area contributed by atoms with Crippen molar-refractivity contribution in [1.29, 1.82) is 0 Å². The van der Waals surface area contributed by atoms with E-state index in [-0.39, 0.29) is 12.5 Å². The first-order chi connectivity index (χ1) is 13.8. The molecule has 0 aliphatic heterocycles. The van der Waals surface area contributed by atoms with Crippen LogP contribution in [-0.4, -0.2) is 15.5 Å². The van der Waals surface area contributed by atoms with Gasteiger partial charge in [0.25, 0.3) is 0 Å². The highest BCUT2D eigenvalue weighted by Crippen LogP contribution is 2.27. The second kappa shape index (κ2) is 8.39. The number of benzene rings is 2. The van der Waals surface area contributed by atoms with Crippen LogP contribution in [0.1, 0.15) is 11.3 Å². The molecule has 0 aliphatic carbocycles. The lowest BCUT2D eigenvalue weighted by Gasteiger charge is -2.12. The van der Waals surface area contributed by atoms with E-state index >= 15 is 0 Å². The lowest BCUT2D eigenvalue weighted by Crippen LogP contribution is -2.27. The van der Waals surface area contributed by atoms with E-state index in [1.54, 1.807) is 6.20 Å². The highest BCUT2D eigenvalue weighted by Gasteiger charge is 2.11. The average molecular weight is 371 g/mol. The number of nitrogens with one attached hydrogen (secondary N) is 1. The topological polar surface area (TPSA) is 56.1 Å². The maximum atomic E-state index is 12.4. The van der Waals surface area contributed by atoms with Crippen molar-refractivity contribution in [2.24, 2.45) is 0 Å². The van der Waals surface area contributed by atoms with E-state index < -0.39 is 0 Å². The molecule has 0 atom stereocenters. The summed E-state index contributed by atoms with van der Waals surface area (Å²) in [5, 5.41) is 3.96. The van der Waals surface area contributed by atoms with Crippen molar-refractivity contribution in [3.63, 3.8) is 0 Å². The standard InChI is InChI=1S/C23H21N3O2/c27-22(25-15-20-10-4-5-13-24-20)16-26-14-12-19-9-6-11-21(23(19)26)28-17-18-7-2-1-3-8-18/h1-14H,15-17H2,(H,25,27). The van der Waals surface area contributed by atoms with Crippen LogP contribution in [0.3, 0.4) is 0 Å². The summed E-state index contributed by atoms with van der Waals surface area (Å²) < 4.78 is 7.97. The van der Waals surface area contributed by atoms with E-state index in [1.807, 2.05) is 83.6 Å². The fourth-order valence-corrected chi connectivity index (χ4v) is 3.11. The molecule has 1 N–H and O–H groups in total. The second-order valence-corrected chi connectivity index (χ2v) is 6.51. The number of para-hydroxylation sites is 1. The van der Waals surface area contributed by atoms with Gasteiger partial charge in [-0.1, -0.05) is 48.5 Å². The molecule has 140 valence electrons. The van der Waals surface area contributed by atoms with Crippen molar-refractivity contribution in [2.75, 3.05) is 0 Å². The molecular formula is C23H21N3O2. The van der Waals surface area contributed by atoms with E-state index in [4.69, 9.17) is 4.74 Å². The van der Waals surface area contributed by atoms with E-state index in [0.29, 0.717) is 13.2 Å². The Morgan fingerprint density at radius 2 is 1.82 bits per heavy atom. The zero-order valence-electron chi connectivity index (χ0n) is 15.4. The Morgan fingerprint density at radius 3 is 2.64 bits per heavy atom. The number of carbonyl (C=O) groups excluding carboxylic acids is 1. The Kier molecular flexibility index (Phi) is 5.33. The smallest absolute Gasteiger partial charge is 0.240 e. The van der Waals surface area contributed by atoms with Gasteiger partial charge in [-0.15, -0.1) is 0 Å². The van der Waals surface area contributed by atoms with Gasteiger partial charge in [0.2, 0.25) is 5.91 Å². The molecule has 2 aromatic carbocycles. The lowest BCUT2D eigenvalue weighted by molar-refractivity contribution is -0.121. The first-order valence-corrected chi connectivity index (χ1v) is 9.21. The van der Waals surface area contributed by atoms with Crippen LogP contribution in [-0.2, 0) is 24.5 Å². The number of hydrogen-bond acceptors (Lipinski definition) is 3. The molecule has 2 heterocycles. The van der Waals surface area contributed by atoms with Gasteiger partial charge in [0.15, 0.2) is 0 Å². The van der Waals surface area contributed by atoms with Crippen LogP contribution in [0.15, 0.2) is 85.2 Å². The van der Waals surface area contributed by atoms with Crippen LogP contribution in [0, 0.1) is 0 Å². The third kappa shape index (κ3) is 4.20. The Hall–Kier alpha value is -3.60. The fraction of sp³-hybridized carbons (Fsp3) is 0.130. The molecule has 5 nitrogen and oxygen atoms in total. The first-order valence-electron chi connectivity index (χ1n) is 9.21. The first kappa shape index (κ1) is 17.8. The van der Waals surface area contributed by atoms with Gasteiger partial charge in [-0.25, -0.2) is 0 Å². The Balaban J connectivity index is 1.47. The summed E-state index contributed by atoms with van der Waals surface area (Å²) >= 11 is 0. The molecule has 0 saturated heterocycles. The molecular weight excluding hydrogens is 350 g/mol. The minimum Gasteiger partial charge on any atom is -0.487 e. The van der Waals surface area contributed by atoms with E-state index in [2.05, 4.69) is 10.3 Å². The fourth-order valence-electron chi connectivity index (χ4n) is 3.11. The number of fused-ring (bicyclic) bond motifs is 1. The number of amides is 1. The van der Waals surface area contributed by atoms with Crippen LogP contribution < -0.4 is 10.1 Å². The molecule has 28 heavy (non-hydrogen) atoms. The summed E-state index contributed by atoms with van der Waals surface area (Å²) in [5.41, 5.74) is 2.86. The molecule has 0 saturated carbocycles. The molecule has 0 unspecified atom stereocenters. The van der Waals surface area contributed by atoms with Crippen LogP contribution in [0.25, 0.3) is 10.9 Å². The SMILES string of the molecule is O=C(Cn1ccc2cccc(OCc3ccccc3)c21)NCc1ccccn1. The molecule has 4 rings (SSSR count). The number of carbonyl (C=O) groups is 1. The molecule has 4 aromatic rings. The Bertz CT molecular complexity index is 1060. The molecule has 5 heteroatoms. The summed E-state index contributed by atoms with van der Waals surface area (Å²) in [7, 11) is 0. The largest absolute Gasteiger partial charge is 0.487 e. The Morgan fingerprint density at radius 1 is 0.964 bits per heavy atom. The quantitative estimate of drug-likeness (QED) is 0.535. The molecule has 0 fully saturated rings. The minimum absolute atomic E-state index is 0.0685. The molecule has 1 amide bonds. The third-order valence-corrected chi connectivity index (χ3v) is 4.50. The number of nitrogens with zero attached hydrogens (tertiary/aromatic N) is 2. The number of ether oxygens (including phenoxy) is 1. The summed E-state index contributed by atoms with van der Waals surface area (Å²) in [6, 6.07) is 23.6. The van der Waals surface area contributed by atoms with Crippen LogP contribution in [0.5, 0.6) is 5.75 Å².